The van der Waals surface area contributed by atoms with E-state index in [4.69, 9.17) is 4.74 Å². The van der Waals surface area contributed by atoms with Crippen molar-refractivity contribution in [1.29, 1.82) is 0 Å². The first-order valence-corrected chi connectivity index (χ1v) is 13.4. The predicted molar refractivity (Wildman–Crippen MR) is 142 cm³/mol. The Morgan fingerprint density at radius 2 is 2.14 bits per heavy atom. The van der Waals surface area contributed by atoms with E-state index in [1.54, 1.807) is 22.6 Å². The van der Waals surface area contributed by atoms with Gasteiger partial charge in [0.25, 0.3) is 0 Å². The number of nitrogens with one attached hydrogen (secondary N) is 2. The minimum absolute atomic E-state index is 0.0315. The molecule has 4 aromatic rings. The average molecular weight is 506 g/mol. The van der Waals surface area contributed by atoms with E-state index in [0.717, 1.165) is 77.3 Å². The van der Waals surface area contributed by atoms with E-state index < -0.39 is 0 Å². The molecule has 2 N–H and O–H groups in total. The number of anilines is 2. The van der Waals surface area contributed by atoms with Gasteiger partial charge in [0.15, 0.2) is 0 Å². The Labute approximate surface area is 213 Å². The van der Waals surface area contributed by atoms with Gasteiger partial charge in [0.05, 0.1) is 22.8 Å². The van der Waals surface area contributed by atoms with Crippen molar-refractivity contribution in [1.82, 2.24) is 30.0 Å². The molecule has 4 heterocycles. The van der Waals surface area contributed by atoms with Crippen LogP contribution in [0.25, 0.3) is 21.1 Å². The molecule has 1 fully saturated rings. The highest BCUT2D eigenvalue weighted by Crippen LogP contribution is 2.42. The number of nitrogens with zero attached hydrogens (tertiary/aromatic N) is 5. The third-order valence-corrected chi connectivity index (χ3v) is 8.45. The number of H-pyrrole nitrogens is 1. The van der Waals surface area contributed by atoms with Gasteiger partial charge in [0, 0.05) is 42.9 Å². The van der Waals surface area contributed by atoms with Crippen LogP contribution < -0.4 is 10.1 Å². The third-order valence-electron chi connectivity index (χ3n) is 7.29. The number of carbonyl (C=O) groups excluding carboxylic acids is 1. The molecule has 36 heavy (non-hydrogen) atoms. The van der Waals surface area contributed by atoms with Crippen LogP contribution >= 0.6 is 11.3 Å². The number of aryl methyl sites for hydroxylation is 1. The van der Waals surface area contributed by atoms with Crippen LogP contribution in [-0.4, -0.2) is 76.2 Å². The molecule has 0 radical (unpaired) electrons. The summed E-state index contributed by atoms with van der Waals surface area (Å²) in [5.74, 6) is 1.79. The van der Waals surface area contributed by atoms with Gasteiger partial charge in [-0.3, -0.25) is 14.8 Å². The maximum absolute atomic E-state index is 12.6. The molecule has 0 saturated carbocycles. The van der Waals surface area contributed by atoms with Crippen molar-refractivity contribution >= 4 is 49.9 Å². The van der Waals surface area contributed by atoms with Crippen molar-refractivity contribution < 1.29 is 9.53 Å². The molecule has 1 atom stereocenters. The molecule has 1 aliphatic carbocycles. The summed E-state index contributed by atoms with van der Waals surface area (Å²) in [6.45, 7) is 3.85. The average Bonchev–Trinajstić information content (AvgIpc) is 3.63. The molecule has 0 bridgehead atoms. The number of rotatable bonds is 7. The van der Waals surface area contributed by atoms with Gasteiger partial charge in [-0.2, -0.15) is 5.10 Å². The van der Waals surface area contributed by atoms with Crippen LogP contribution in [-0.2, 0) is 17.6 Å². The van der Waals surface area contributed by atoms with E-state index >= 15 is 0 Å². The van der Waals surface area contributed by atoms with E-state index in [-0.39, 0.29) is 11.8 Å². The quantitative estimate of drug-likeness (QED) is 0.392. The molecule has 1 amide bonds. The lowest BCUT2D eigenvalue weighted by Gasteiger charge is -2.24. The lowest BCUT2D eigenvalue weighted by molar-refractivity contribution is -0.133. The molecule has 0 spiro atoms. The van der Waals surface area contributed by atoms with E-state index in [0.29, 0.717) is 6.61 Å². The van der Waals surface area contributed by atoms with E-state index in [1.165, 1.54) is 23.3 Å². The number of thiophene rings is 1. The highest BCUT2D eigenvalue weighted by molar-refractivity contribution is 7.19. The Hall–Kier alpha value is -3.24. The monoisotopic (exact) mass is 505 g/mol. The number of hydrogen-bond donors (Lipinski definition) is 2. The largest absolute Gasteiger partial charge is 0.490 e. The molecular weight excluding hydrogens is 474 g/mol. The summed E-state index contributed by atoms with van der Waals surface area (Å²) in [6, 6.07) is 4.07. The summed E-state index contributed by atoms with van der Waals surface area (Å²) in [5, 5.41) is 12.9. The number of amides is 1. The van der Waals surface area contributed by atoms with Crippen molar-refractivity contribution in [2.75, 3.05) is 45.7 Å². The standard InChI is InChI=1S/C26H31N7O2S/c1-32(2)26(34)16-5-6-18-22(12-16)36-25-23(18)24(27-15-28-25)30-20-11-17-14-29-31-19(17)13-21(20)35-10-9-33-7-3-4-8-33/h11,13-16H,3-10,12H2,1-2H3,(H,29,31)(H,27,28,30). The SMILES string of the molecule is CN(C)C(=O)C1CCc2c(sc3ncnc(Nc4cc5cn[nH]c5cc4OCCN4CCCC4)c23)C1. The molecule has 1 unspecified atom stereocenters. The minimum Gasteiger partial charge on any atom is -0.490 e. The summed E-state index contributed by atoms with van der Waals surface area (Å²) in [7, 11) is 3.66. The molecular formula is C26H31N7O2S. The van der Waals surface area contributed by atoms with Crippen LogP contribution in [0.2, 0.25) is 0 Å². The maximum atomic E-state index is 12.6. The summed E-state index contributed by atoms with van der Waals surface area (Å²) in [5.41, 5.74) is 3.07. The molecule has 2 aliphatic rings. The van der Waals surface area contributed by atoms with E-state index in [1.807, 2.05) is 26.4 Å². The maximum Gasteiger partial charge on any atom is 0.225 e. The smallest absolute Gasteiger partial charge is 0.225 e. The van der Waals surface area contributed by atoms with Crippen LogP contribution in [0.3, 0.4) is 0 Å². The van der Waals surface area contributed by atoms with Crippen LogP contribution in [0, 0.1) is 5.92 Å². The predicted octanol–water partition coefficient (Wildman–Crippen LogP) is 3.98. The van der Waals surface area contributed by atoms with Crippen LogP contribution in [0.5, 0.6) is 5.75 Å². The lowest BCUT2D eigenvalue weighted by atomic mass is 9.87. The fraction of sp³-hybridized carbons (Fsp3) is 0.462. The molecule has 9 nitrogen and oxygen atoms in total. The third kappa shape index (κ3) is 4.39. The number of aromatic nitrogens is 4. The Morgan fingerprint density at radius 3 is 2.97 bits per heavy atom. The Balaban J connectivity index is 1.30. The number of benzene rings is 1. The Kier molecular flexibility index (Phi) is 6.22. The van der Waals surface area contributed by atoms with Crippen molar-refractivity contribution in [3.8, 4) is 5.75 Å². The van der Waals surface area contributed by atoms with Gasteiger partial charge < -0.3 is 15.0 Å². The molecule has 1 saturated heterocycles. The number of hydrogen-bond acceptors (Lipinski definition) is 8. The van der Waals surface area contributed by atoms with Crippen molar-refractivity contribution in [2.24, 2.45) is 5.92 Å². The Morgan fingerprint density at radius 1 is 1.28 bits per heavy atom. The summed E-state index contributed by atoms with van der Waals surface area (Å²) >= 11 is 1.68. The van der Waals surface area contributed by atoms with Crippen molar-refractivity contribution in [3.05, 3.63) is 35.1 Å². The zero-order valence-electron chi connectivity index (χ0n) is 20.7. The highest BCUT2D eigenvalue weighted by atomic mass is 32.1. The normalized spacial score (nSPS) is 18.0. The van der Waals surface area contributed by atoms with Crippen molar-refractivity contribution in [2.45, 2.75) is 32.1 Å². The van der Waals surface area contributed by atoms with Crippen molar-refractivity contribution in [3.63, 3.8) is 0 Å². The number of likely N-dealkylation sites (tertiary alicyclic amines) is 1. The summed E-state index contributed by atoms with van der Waals surface area (Å²) in [6.07, 6.45) is 8.42. The molecule has 1 aromatic carbocycles. The Bertz CT molecular complexity index is 1410. The molecule has 188 valence electrons. The topological polar surface area (TPSA) is 99.3 Å². The molecule has 3 aromatic heterocycles. The van der Waals surface area contributed by atoms with Gasteiger partial charge in [-0.25, -0.2) is 9.97 Å². The van der Waals surface area contributed by atoms with E-state index in [2.05, 4.69) is 36.4 Å². The first kappa shape index (κ1) is 23.2. The second kappa shape index (κ2) is 9.67. The van der Waals surface area contributed by atoms with Gasteiger partial charge in [-0.15, -0.1) is 11.3 Å². The van der Waals surface area contributed by atoms with Crippen LogP contribution in [0.1, 0.15) is 29.7 Å². The highest BCUT2D eigenvalue weighted by Gasteiger charge is 2.30. The van der Waals surface area contributed by atoms with Gasteiger partial charge in [-0.1, -0.05) is 0 Å². The molecule has 1 aliphatic heterocycles. The molecule has 10 heteroatoms. The minimum atomic E-state index is 0.0315. The van der Waals surface area contributed by atoms with Gasteiger partial charge in [0.1, 0.15) is 29.3 Å². The zero-order chi connectivity index (χ0) is 24.6. The summed E-state index contributed by atoms with van der Waals surface area (Å²) < 4.78 is 6.28. The van der Waals surface area contributed by atoms with Gasteiger partial charge in [-0.05, 0) is 56.8 Å². The van der Waals surface area contributed by atoms with E-state index in [9.17, 15) is 4.79 Å². The van der Waals surface area contributed by atoms with Gasteiger partial charge >= 0.3 is 0 Å². The first-order chi connectivity index (χ1) is 17.6. The van der Waals surface area contributed by atoms with Gasteiger partial charge in [0.2, 0.25) is 5.91 Å². The second-order valence-electron chi connectivity index (χ2n) is 9.91. The number of aromatic amines is 1. The first-order valence-electron chi connectivity index (χ1n) is 12.6. The van der Waals surface area contributed by atoms with Crippen LogP contribution in [0.15, 0.2) is 24.7 Å². The number of ether oxygens (including phenoxy) is 1. The van der Waals surface area contributed by atoms with Crippen LogP contribution in [0.4, 0.5) is 11.5 Å². The number of carbonyl (C=O) groups is 1. The zero-order valence-corrected chi connectivity index (χ0v) is 21.5. The number of fused-ring (bicyclic) bond motifs is 4. The lowest BCUT2D eigenvalue weighted by Crippen LogP contribution is -2.32. The fourth-order valence-electron chi connectivity index (χ4n) is 5.39. The summed E-state index contributed by atoms with van der Waals surface area (Å²) in [4.78, 5) is 28.1. The fourth-order valence-corrected chi connectivity index (χ4v) is 6.66. The molecule has 6 rings (SSSR count). The second-order valence-corrected chi connectivity index (χ2v) is 11.0.